The zero-order chi connectivity index (χ0) is 19.9. The monoisotopic (exact) mass is 455 g/mol. The minimum atomic E-state index is 0.169. The number of nitrogens with one attached hydrogen (secondary N) is 1. The molecule has 0 bridgehead atoms. The van der Waals surface area contributed by atoms with E-state index in [1.54, 1.807) is 18.2 Å². The van der Waals surface area contributed by atoms with Crippen molar-refractivity contribution in [3.8, 4) is 5.75 Å². The molecule has 0 unspecified atom stereocenters. The molecular weight excluding hydrogens is 441 g/mol. The first-order valence-electron chi connectivity index (χ1n) is 8.19. The van der Waals surface area contributed by atoms with Gasteiger partial charge in [0.25, 0.3) is 0 Å². The quantitative estimate of drug-likeness (QED) is 0.356. The van der Waals surface area contributed by atoms with E-state index in [1.807, 2.05) is 24.3 Å². The number of nitrogens with zero attached hydrogens (tertiary/aromatic N) is 3. The van der Waals surface area contributed by atoms with Gasteiger partial charge < -0.3 is 15.8 Å². The summed E-state index contributed by atoms with van der Waals surface area (Å²) in [4.78, 5) is 12.7. The van der Waals surface area contributed by atoms with Gasteiger partial charge in [-0.1, -0.05) is 52.6 Å². The minimum absolute atomic E-state index is 0.169. The molecule has 6 nitrogen and oxygen atoms in total. The molecule has 1 aromatic heterocycles. The molecule has 0 atom stereocenters. The highest BCUT2D eigenvalue weighted by Crippen LogP contribution is 2.24. The summed E-state index contributed by atoms with van der Waals surface area (Å²) in [6, 6.07) is 12.5. The molecule has 146 valence electrons. The predicted octanol–water partition coefficient (Wildman–Crippen LogP) is 5.20. The Bertz CT molecular complexity index is 940. The van der Waals surface area contributed by atoms with Crippen LogP contribution in [-0.2, 0) is 6.54 Å². The lowest BCUT2D eigenvalue weighted by Crippen LogP contribution is -2.09. The highest BCUT2D eigenvalue weighted by atomic mass is 35.5. The minimum Gasteiger partial charge on any atom is -0.493 e. The number of hydrogen-bond acceptors (Lipinski definition) is 7. The largest absolute Gasteiger partial charge is 0.493 e. The molecule has 0 saturated carbocycles. The number of ether oxygens (including phenoxy) is 1. The Kier molecular flexibility index (Phi) is 7.44. The summed E-state index contributed by atoms with van der Waals surface area (Å²) in [6.07, 6.45) is 0. The zero-order valence-corrected chi connectivity index (χ0v) is 17.6. The molecule has 0 saturated heterocycles. The molecule has 3 rings (SSSR count). The van der Waals surface area contributed by atoms with Crippen molar-refractivity contribution in [2.45, 2.75) is 11.7 Å². The molecule has 0 aliphatic heterocycles. The van der Waals surface area contributed by atoms with Crippen molar-refractivity contribution >= 4 is 58.2 Å². The van der Waals surface area contributed by atoms with Gasteiger partial charge >= 0.3 is 0 Å². The van der Waals surface area contributed by atoms with E-state index in [4.69, 9.17) is 45.3 Å². The molecule has 0 fully saturated rings. The first-order valence-corrected chi connectivity index (χ1v) is 10.3. The van der Waals surface area contributed by atoms with Gasteiger partial charge in [-0.25, -0.2) is 4.98 Å². The maximum absolute atomic E-state index is 5.98. The summed E-state index contributed by atoms with van der Waals surface area (Å²) >= 11 is 19.3. The summed E-state index contributed by atoms with van der Waals surface area (Å²) in [7, 11) is 0. The first kappa shape index (κ1) is 20.8. The fourth-order valence-electron chi connectivity index (χ4n) is 2.24. The Hall–Kier alpha value is -1.93. The van der Waals surface area contributed by atoms with Crippen LogP contribution in [0.3, 0.4) is 0 Å². The van der Waals surface area contributed by atoms with E-state index in [1.165, 1.54) is 11.8 Å². The lowest BCUT2D eigenvalue weighted by atomic mass is 10.3. The van der Waals surface area contributed by atoms with Crippen molar-refractivity contribution in [1.82, 2.24) is 15.0 Å². The van der Waals surface area contributed by atoms with Gasteiger partial charge in [-0.05, 0) is 36.4 Å². The molecule has 28 heavy (non-hydrogen) atoms. The van der Waals surface area contributed by atoms with Crippen LogP contribution in [0.1, 0.15) is 5.82 Å². The van der Waals surface area contributed by atoms with Gasteiger partial charge in [0.15, 0.2) is 11.0 Å². The lowest BCUT2D eigenvalue weighted by molar-refractivity contribution is 0.344. The second kappa shape index (κ2) is 10.0. The van der Waals surface area contributed by atoms with E-state index >= 15 is 0 Å². The van der Waals surface area contributed by atoms with Crippen LogP contribution in [0.2, 0.25) is 15.1 Å². The van der Waals surface area contributed by atoms with Crippen LogP contribution in [0.5, 0.6) is 5.75 Å². The number of hydrogen-bond donors (Lipinski definition) is 2. The first-order chi connectivity index (χ1) is 13.5. The third-order valence-electron chi connectivity index (χ3n) is 3.37. The van der Waals surface area contributed by atoms with Gasteiger partial charge in [0.1, 0.15) is 5.75 Å². The van der Waals surface area contributed by atoms with Crippen LogP contribution in [0.4, 0.5) is 11.6 Å². The summed E-state index contributed by atoms with van der Waals surface area (Å²) in [5, 5.41) is 5.44. The molecular formula is C18H16Cl3N5OS. The van der Waals surface area contributed by atoms with Crippen LogP contribution >= 0.6 is 46.6 Å². The molecule has 3 aromatic rings. The molecule has 0 aliphatic rings. The molecule has 0 aliphatic carbocycles. The number of rotatable bonds is 8. The van der Waals surface area contributed by atoms with Crippen molar-refractivity contribution in [2.75, 3.05) is 23.4 Å². The molecule has 10 heteroatoms. The van der Waals surface area contributed by atoms with Crippen molar-refractivity contribution < 1.29 is 4.74 Å². The van der Waals surface area contributed by atoms with Gasteiger partial charge in [-0.2, -0.15) is 9.97 Å². The van der Waals surface area contributed by atoms with Crippen LogP contribution in [0.25, 0.3) is 0 Å². The van der Waals surface area contributed by atoms with Crippen LogP contribution in [-0.4, -0.2) is 27.3 Å². The molecule has 3 N–H and O–H groups in total. The smallest absolute Gasteiger partial charge is 0.224 e. The number of aromatic nitrogens is 3. The van der Waals surface area contributed by atoms with E-state index in [9.17, 15) is 0 Å². The number of nitrogen functional groups attached to an aromatic ring is 1. The van der Waals surface area contributed by atoms with Gasteiger partial charge in [-0.3, -0.25) is 0 Å². The second-order valence-electron chi connectivity index (χ2n) is 5.56. The van der Waals surface area contributed by atoms with E-state index in [2.05, 4.69) is 20.3 Å². The van der Waals surface area contributed by atoms with Gasteiger partial charge in [-0.15, -0.1) is 0 Å². The standard InChI is InChI=1S/C18H16Cl3N5OS/c19-11-2-1-3-14(7-11)23-10-16-24-17(22)26-18(25-16)28-5-4-27-15-8-12(20)6-13(21)9-15/h1-3,6-9,23H,4-5,10H2,(H2,22,24,25,26). The average Bonchev–Trinajstić information content (AvgIpc) is 2.63. The van der Waals surface area contributed by atoms with Crippen LogP contribution in [0.15, 0.2) is 47.6 Å². The van der Waals surface area contributed by atoms with Crippen LogP contribution in [0, 0.1) is 0 Å². The van der Waals surface area contributed by atoms with E-state index in [0.29, 0.717) is 50.7 Å². The number of benzene rings is 2. The SMILES string of the molecule is Nc1nc(CNc2cccc(Cl)c2)nc(SCCOc2cc(Cl)cc(Cl)c2)n1. The molecule has 0 radical (unpaired) electrons. The van der Waals surface area contributed by atoms with Crippen molar-refractivity contribution in [1.29, 1.82) is 0 Å². The average molecular weight is 457 g/mol. The van der Waals surface area contributed by atoms with E-state index in [-0.39, 0.29) is 5.95 Å². The van der Waals surface area contributed by atoms with E-state index < -0.39 is 0 Å². The number of thioether (sulfide) groups is 1. The van der Waals surface area contributed by atoms with Crippen LogP contribution < -0.4 is 15.8 Å². The Morgan fingerprint density at radius 1 is 0.964 bits per heavy atom. The highest BCUT2D eigenvalue weighted by Gasteiger charge is 2.06. The highest BCUT2D eigenvalue weighted by molar-refractivity contribution is 7.99. The molecule has 0 amide bonds. The third kappa shape index (κ3) is 6.60. The maximum atomic E-state index is 5.98. The van der Waals surface area contributed by atoms with Gasteiger partial charge in [0.2, 0.25) is 5.95 Å². The summed E-state index contributed by atoms with van der Waals surface area (Å²) in [5.41, 5.74) is 6.67. The Morgan fingerprint density at radius 3 is 2.50 bits per heavy atom. The molecule has 1 heterocycles. The second-order valence-corrected chi connectivity index (χ2v) is 7.93. The summed E-state index contributed by atoms with van der Waals surface area (Å²) in [5.74, 6) is 1.94. The Morgan fingerprint density at radius 2 is 1.75 bits per heavy atom. The van der Waals surface area contributed by atoms with Crippen molar-refractivity contribution in [3.05, 3.63) is 63.4 Å². The summed E-state index contributed by atoms with van der Waals surface area (Å²) in [6.45, 7) is 0.834. The fourth-order valence-corrected chi connectivity index (χ4v) is 3.62. The van der Waals surface area contributed by atoms with Crippen molar-refractivity contribution in [3.63, 3.8) is 0 Å². The third-order valence-corrected chi connectivity index (χ3v) is 4.86. The maximum Gasteiger partial charge on any atom is 0.224 e. The zero-order valence-electron chi connectivity index (χ0n) is 14.5. The lowest BCUT2D eigenvalue weighted by Gasteiger charge is -2.09. The number of anilines is 2. The summed E-state index contributed by atoms with van der Waals surface area (Å²) < 4.78 is 5.65. The number of halogens is 3. The number of nitrogens with two attached hydrogens (primary N) is 1. The van der Waals surface area contributed by atoms with Crippen molar-refractivity contribution in [2.24, 2.45) is 0 Å². The van der Waals surface area contributed by atoms with Gasteiger partial charge in [0.05, 0.1) is 13.2 Å². The Labute approximate surface area is 181 Å². The normalized spacial score (nSPS) is 10.7. The van der Waals surface area contributed by atoms with E-state index in [0.717, 1.165) is 5.69 Å². The molecule has 0 spiro atoms. The van der Waals surface area contributed by atoms with Gasteiger partial charge in [0, 0.05) is 26.5 Å². The molecule has 2 aromatic carbocycles. The topological polar surface area (TPSA) is 86.0 Å². The fraction of sp³-hybridized carbons (Fsp3) is 0.167. The predicted molar refractivity (Wildman–Crippen MR) is 116 cm³/mol. The Balaban J connectivity index is 1.52.